The monoisotopic (exact) mass is 243 g/mol. The Morgan fingerprint density at radius 3 is 2.83 bits per heavy atom. The fraction of sp³-hybridized carbons (Fsp3) is 0.286. The summed E-state index contributed by atoms with van der Waals surface area (Å²) < 4.78 is 1.50. The number of benzene rings is 1. The Morgan fingerprint density at radius 1 is 1.28 bits per heavy atom. The third-order valence-corrected chi connectivity index (χ3v) is 2.76. The summed E-state index contributed by atoms with van der Waals surface area (Å²) in [5.41, 5.74) is 8.41. The smallest absolute Gasteiger partial charge is 0.266 e. The van der Waals surface area contributed by atoms with Crippen LogP contribution in [0.5, 0.6) is 0 Å². The van der Waals surface area contributed by atoms with Gasteiger partial charge >= 0.3 is 0 Å². The summed E-state index contributed by atoms with van der Waals surface area (Å²) in [7, 11) is 0. The molecule has 1 aromatic carbocycles. The van der Waals surface area contributed by atoms with Crippen LogP contribution in [-0.4, -0.2) is 9.78 Å². The number of nitrogens with zero attached hydrogens (tertiary/aromatic N) is 2. The lowest BCUT2D eigenvalue weighted by Crippen LogP contribution is -2.21. The van der Waals surface area contributed by atoms with Gasteiger partial charge in [0.2, 0.25) is 0 Å². The molecule has 2 aromatic rings. The molecular weight excluding hydrogens is 226 g/mol. The third-order valence-electron chi connectivity index (χ3n) is 2.76. The van der Waals surface area contributed by atoms with Gasteiger partial charge in [-0.05, 0) is 24.1 Å². The van der Waals surface area contributed by atoms with Crippen LogP contribution in [0.3, 0.4) is 0 Å². The predicted octanol–water partition coefficient (Wildman–Crippen LogP) is 1.78. The quantitative estimate of drug-likeness (QED) is 0.890. The van der Waals surface area contributed by atoms with E-state index in [4.69, 9.17) is 5.73 Å². The number of hydrogen-bond acceptors (Lipinski definition) is 3. The molecular formula is C14H17N3O. The van der Waals surface area contributed by atoms with Gasteiger partial charge in [0.25, 0.3) is 5.56 Å². The number of hydrogen-bond donors (Lipinski definition) is 1. The first kappa shape index (κ1) is 12.5. The van der Waals surface area contributed by atoms with Gasteiger partial charge in [0, 0.05) is 24.7 Å². The van der Waals surface area contributed by atoms with E-state index in [-0.39, 0.29) is 5.56 Å². The second-order valence-electron chi connectivity index (χ2n) is 4.18. The Balaban J connectivity index is 2.43. The van der Waals surface area contributed by atoms with Gasteiger partial charge in [-0.15, -0.1) is 0 Å². The molecule has 0 saturated carbocycles. The summed E-state index contributed by atoms with van der Waals surface area (Å²) in [5.74, 6) is 0. The second kappa shape index (κ2) is 5.60. The summed E-state index contributed by atoms with van der Waals surface area (Å²) >= 11 is 0. The summed E-state index contributed by atoms with van der Waals surface area (Å²) in [6, 6.07) is 11.2. The standard InChI is InChI=1S/C14H17N3O/c1-2-8-17-14(18)7-6-13(16-17)12-5-3-4-11(9-12)10-15/h3-7,9H,2,8,10,15H2,1H3. The minimum atomic E-state index is -0.0596. The molecule has 0 spiro atoms. The molecule has 0 radical (unpaired) electrons. The first-order valence-electron chi connectivity index (χ1n) is 6.12. The van der Waals surface area contributed by atoms with E-state index in [0.29, 0.717) is 13.1 Å². The van der Waals surface area contributed by atoms with Gasteiger partial charge in [-0.25, -0.2) is 4.68 Å². The molecule has 0 atom stereocenters. The topological polar surface area (TPSA) is 60.9 Å². The highest BCUT2D eigenvalue weighted by atomic mass is 16.1. The van der Waals surface area contributed by atoms with Crippen molar-refractivity contribution in [1.82, 2.24) is 9.78 Å². The normalized spacial score (nSPS) is 10.6. The highest BCUT2D eigenvalue weighted by Crippen LogP contribution is 2.16. The lowest BCUT2D eigenvalue weighted by molar-refractivity contribution is 0.570. The molecule has 0 unspecified atom stereocenters. The summed E-state index contributed by atoms with van der Waals surface area (Å²) in [5, 5.41) is 4.37. The molecule has 18 heavy (non-hydrogen) atoms. The minimum absolute atomic E-state index is 0.0596. The van der Waals surface area contributed by atoms with Crippen molar-refractivity contribution in [3.63, 3.8) is 0 Å². The fourth-order valence-corrected chi connectivity index (χ4v) is 1.83. The van der Waals surface area contributed by atoms with E-state index in [1.54, 1.807) is 12.1 Å². The molecule has 0 aliphatic carbocycles. The summed E-state index contributed by atoms with van der Waals surface area (Å²) in [6.07, 6.45) is 0.888. The third kappa shape index (κ3) is 2.65. The van der Waals surface area contributed by atoms with E-state index in [9.17, 15) is 4.79 Å². The van der Waals surface area contributed by atoms with E-state index in [2.05, 4.69) is 5.10 Å². The SMILES string of the molecule is CCCn1nc(-c2cccc(CN)c2)ccc1=O. The van der Waals surface area contributed by atoms with Crippen molar-refractivity contribution in [2.45, 2.75) is 26.4 Å². The first-order chi connectivity index (χ1) is 8.74. The molecule has 0 saturated heterocycles. The number of aryl methyl sites for hydroxylation is 1. The molecule has 2 N–H and O–H groups in total. The van der Waals surface area contributed by atoms with Crippen molar-refractivity contribution in [2.24, 2.45) is 5.73 Å². The Bertz CT molecular complexity index is 590. The average Bonchev–Trinajstić information content (AvgIpc) is 2.41. The van der Waals surface area contributed by atoms with Crippen LogP contribution in [0.2, 0.25) is 0 Å². The highest BCUT2D eigenvalue weighted by Gasteiger charge is 2.03. The Hall–Kier alpha value is -1.94. The van der Waals surface area contributed by atoms with Crippen molar-refractivity contribution in [3.8, 4) is 11.3 Å². The maximum atomic E-state index is 11.6. The van der Waals surface area contributed by atoms with E-state index < -0.39 is 0 Å². The van der Waals surface area contributed by atoms with Crippen LogP contribution >= 0.6 is 0 Å². The molecule has 0 fully saturated rings. The molecule has 1 heterocycles. The van der Waals surface area contributed by atoms with Crippen LogP contribution in [0.15, 0.2) is 41.2 Å². The number of nitrogens with two attached hydrogens (primary N) is 1. The summed E-state index contributed by atoms with van der Waals surface area (Å²) in [6.45, 7) is 3.17. The van der Waals surface area contributed by atoms with Crippen molar-refractivity contribution in [2.75, 3.05) is 0 Å². The minimum Gasteiger partial charge on any atom is -0.326 e. The largest absolute Gasteiger partial charge is 0.326 e. The summed E-state index contributed by atoms with van der Waals surface area (Å²) in [4.78, 5) is 11.6. The van der Waals surface area contributed by atoms with Crippen molar-refractivity contribution in [3.05, 3.63) is 52.3 Å². The average molecular weight is 243 g/mol. The molecule has 4 heteroatoms. The van der Waals surface area contributed by atoms with E-state index in [1.807, 2.05) is 31.2 Å². The molecule has 94 valence electrons. The van der Waals surface area contributed by atoms with Crippen LogP contribution in [0, 0.1) is 0 Å². The van der Waals surface area contributed by atoms with Crippen LogP contribution in [0.25, 0.3) is 11.3 Å². The molecule has 0 aliphatic rings. The molecule has 0 amide bonds. The molecule has 0 aliphatic heterocycles. The zero-order valence-corrected chi connectivity index (χ0v) is 10.5. The first-order valence-corrected chi connectivity index (χ1v) is 6.12. The van der Waals surface area contributed by atoms with Crippen molar-refractivity contribution >= 4 is 0 Å². The van der Waals surface area contributed by atoms with Gasteiger partial charge in [-0.1, -0.05) is 25.1 Å². The van der Waals surface area contributed by atoms with E-state index in [1.165, 1.54) is 4.68 Å². The van der Waals surface area contributed by atoms with E-state index >= 15 is 0 Å². The lowest BCUT2D eigenvalue weighted by atomic mass is 10.1. The zero-order valence-electron chi connectivity index (χ0n) is 10.5. The highest BCUT2D eigenvalue weighted by molar-refractivity contribution is 5.59. The molecule has 2 rings (SSSR count). The van der Waals surface area contributed by atoms with Crippen molar-refractivity contribution in [1.29, 1.82) is 0 Å². The van der Waals surface area contributed by atoms with Crippen LogP contribution in [0.1, 0.15) is 18.9 Å². The van der Waals surface area contributed by atoms with Gasteiger partial charge in [0.05, 0.1) is 5.69 Å². The zero-order chi connectivity index (χ0) is 13.0. The van der Waals surface area contributed by atoms with Crippen LogP contribution in [-0.2, 0) is 13.1 Å². The van der Waals surface area contributed by atoms with Gasteiger partial charge in [0.1, 0.15) is 0 Å². The Labute approximate surface area is 106 Å². The van der Waals surface area contributed by atoms with Gasteiger partial charge in [-0.2, -0.15) is 5.10 Å². The maximum absolute atomic E-state index is 11.6. The molecule has 0 bridgehead atoms. The molecule has 4 nitrogen and oxygen atoms in total. The Morgan fingerprint density at radius 2 is 2.11 bits per heavy atom. The maximum Gasteiger partial charge on any atom is 0.266 e. The van der Waals surface area contributed by atoms with Crippen LogP contribution < -0.4 is 11.3 Å². The van der Waals surface area contributed by atoms with Gasteiger partial charge in [0.15, 0.2) is 0 Å². The van der Waals surface area contributed by atoms with E-state index in [0.717, 1.165) is 23.2 Å². The van der Waals surface area contributed by atoms with Gasteiger partial charge in [-0.3, -0.25) is 4.79 Å². The predicted molar refractivity (Wildman–Crippen MR) is 72.1 cm³/mol. The van der Waals surface area contributed by atoms with Crippen LogP contribution in [0.4, 0.5) is 0 Å². The second-order valence-corrected chi connectivity index (χ2v) is 4.18. The molecule has 1 aromatic heterocycles. The van der Waals surface area contributed by atoms with Crippen molar-refractivity contribution < 1.29 is 0 Å². The lowest BCUT2D eigenvalue weighted by Gasteiger charge is -2.06. The van der Waals surface area contributed by atoms with Gasteiger partial charge < -0.3 is 5.73 Å². The Kier molecular flexibility index (Phi) is 3.89. The fourth-order valence-electron chi connectivity index (χ4n) is 1.83. The number of rotatable bonds is 4. The number of aromatic nitrogens is 2.